The second-order valence-corrected chi connectivity index (χ2v) is 6.13. The molecule has 0 radical (unpaired) electrons. The fraction of sp³-hybridized carbons (Fsp3) is 0.250. The minimum atomic E-state index is 0.140. The smallest absolute Gasteiger partial charge is 0.0454 e. The first-order valence-corrected chi connectivity index (χ1v) is 7.76. The monoisotopic (exact) mass is 352 g/mol. The first-order chi connectivity index (χ1) is 9.58. The summed E-state index contributed by atoms with van der Waals surface area (Å²) in [5.41, 5.74) is 8.94. The van der Waals surface area contributed by atoms with E-state index in [1.165, 1.54) is 5.56 Å². The third kappa shape index (κ3) is 4.06. The lowest BCUT2D eigenvalue weighted by Crippen LogP contribution is -2.36. The van der Waals surface area contributed by atoms with Crippen LogP contribution in [-0.4, -0.2) is 0 Å². The van der Waals surface area contributed by atoms with Crippen molar-refractivity contribution in [2.24, 2.45) is 0 Å². The molecule has 0 spiro atoms. The van der Waals surface area contributed by atoms with E-state index in [0.717, 1.165) is 15.1 Å². The SMILES string of the molecule is CC(NNC(C)c1ccccc1Cl)c1ccc(Br)cc1. The van der Waals surface area contributed by atoms with Gasteiger partial charge in [-0.3, -0.25) is 5.43 Å². The van der Waals surface area contributed by atoms with Crippen molar-refractivity contribution >= 4 is 27.5 Å². The van der Waals surface area contributed by atoms with Crippen LogP contribution < -0.4 is 10.9 Å². The molecule has 0 heterocycles. The molecule has 0 aromatic heterocycles. The lowest BCUT2D eigenvalue weighted by atomic mass is 10.1. The Hall–Kier alpha value is -0.870. The van der Waals surface area contributed by atoms with Gasteiger partial charge in [-0.1, -0.05) is 57.9 Å². The van der Waals surface area contributed by atoms with E-state index in [1.807, 2.05) is 36.4 Å². The van der Waals surface area contributed by atoms with E-state index < -0.39 is 0 Å². The number of benzene rings is 2. The zero-order chi connectivity index (χ0) is 14.5. The van der Waals surface area contributed by atoms with Gasteiger partial charge in [0.1, 0.15) is 0 Å². The van der Waals surface area contributed by atoms with Crippen LogP contribution in [0.5, 0.6) is 0 Å². The average molecular weight is 354 g/mol. The summed E-state index contributed by atoms with van der Waals surface area (Å²) in [6.07, 6.45) is 0. The molecule has 0 saturated heterocycles. The highest BCUT2D eigenvalue weighted by atomic mass is 79.9. The molecule has 2 N–H and O–H groups in total. The summed E-state index contributed by atoms with van der Waals surface area (Å²) < 4.78 is 1.09. The summed E-state index contributed by atoms with van der Waals surface area (Å²) >= 11 is 9.64. The zero-order valence-corrected chi connectivity index (χ0v) is 13.9. The number of hydrogen-bond donors (Lipinski definition) is 2. The molecule has 2 atom stereocenters. The molecule has 0 aliphatic heterocycles. The molecule has 2 aromatic rings. The summed E-state index contributed by atoms with van der Waals surface area (Å²) in [7, 11) is 0. The fourth-order valence-corrected chi connectivity index (χ4v) is 2.55. The summed E-state index contributed by atoms with van der Waals surface area (Å²) in [5, 5.41) is 0.783. The third-order valence-electron chi connectivity index (χ3n) is 3.26. The Morgan fingerprint density at radius 3 is 2.15 bits per heavy atom. The lowest BCUT2D eigenvalue weighted by Gasteiger charge is -2.21. The van der Waals surface area contributed by atoms with Crippen LogP contribution in [0.3, 0.4) is 0 Å². The molecule has 106 valence electrons. The van der Waals surface area contributed by atoms with Gasteiger partial charge in [-0.25, -0.2) is 5.43 Å². The van der Waals surface area contributed by atoms with Crippen molar-refractivity contribution in [2.45, 2.75) is 25.9 Å². The van der Waals surface area contributed by atoms with E-state index in [0.29, 0.717) is 0 Å². The van der Waals surface area contributed by atoms with Crippen molar-refractivity contribution < 1.29 is 0 Å². The van der Waals surface area contributed by atoms with Crippen LogP contribution in [-0.2, 0) is 0 Å². The van der Waals surface area contributed by atoms with Crippen LogP contribution in [0, 0.1) is 0 Å². The van der Waals surface area contributed by atoms with Crippen molar-refractivity contribution in [1.29, 1.82) is 0 Å². The Morgan fingerprint density at radius 1 is 0.900 bits per heavy atom. The maximum absolute atomic E-state index is 6.20. The number of halogens is 2. The third-order valence-corrected chi connectivity index (χ3v) is 4.13. The highest BCUT2D eigenvalue weighted by Crippen LogP contribution is 2.22. The summed E-state index contributed by atoms with van der Waals surface area (Å²) in [6.45, 7) is 4.21. The molecule has 0 saturated carbocycles. The normalized spacial score (nSPS) is 14.0. The van der Waals surface area contributed by atoms with E-state index in [4.69, 9.17) is 11.6 Å². The van der Waals surface area contributed by atoms with Crippen molar-refractivity contribution in [1.82, 2.24) is 10.9 Å². The molecular weight excluding hydrogens is 336 g/mol. The first-order valence-electron chi connectivity index (χ1n) is 6.59. The molecule has 2 rings (SSSR count). The number of rotatable bonds is 5. The van der Waals surface area contributed by atoms with Crippen molar-refractivity contribution in [2.75, 3.05) is 0 Å². The highest BCUT2D eigenvalue weighted by molar-refractivity contribution is 9.10. The van der Waals surface area contributed by atoms with E-state index in [9.17, 15) is 0 Å². The molecule has 2 unspecified atom stereocenters. The van der Waals surface area contributed by atoms with Gasteiger partial charge >= 0.3 is 0 Å². The lowest BCUT2D eigenvalue weighted by molar-refractivity contribution is 0.411. The Bertz CT molecular complexity index is 557. The van der Waals surface area contributed by atoms with E-state index >= 15 is 0 Å². The van der Waals surface area contributed by atoms with Crippen LogP contribution in [0.4, 0.5) is 0 Å². The van der Waals surface area contributed by atoms with Crippen molar-refractivity contribution in [3.8, 4) is 0 Å². The number of hydrogen-bond acceptors (Lipinski definition) is 2. The Balaban J connectivity index is 1.95. The second kappa shape index (κ2) is 7.23. The van der Waals surface area contributed by atoms with Crippen molar-refractivity contribution in [3.05, 3.63) is 69.2 Å². The molecular formula is C16H18BrClN2. The van der Waals surface area contributed by atoms with Gasteiger partial charge in [0, 0.05) is 21.6 Å². The van der Waals surface area contributed by atoms with E-state index in [-0.39, 0.29) is 12.1 Å². The maximum atomic E-state index is 6.20. The van der Waals surface area contributed by atoms with Crippen LogP contribution in [0.25, 0.3) is 0 Å². The Kier molecular flexibility index (Phi) is 5.61. The molecule has 0 aliphatic carbocycles. The highest BCUT2D eigenvalue weighted by Gasteiger charge is 2.10. The van der Waals surface area contributed by atoms with Gasteiger partial charge in [-0.2, -0.15) is 0 Å². The van der Waals surface area contributed by atoms with Crippen LogP contribution in [0.15, 0.2) is 53.0 Å². The van der Waals surface area contributed by atoms with Crippen LogP contribution >= 0.6 is 27.5 Å². The molecule has 4 heteroatoms. The predicted octanol–water partition coefficient (Wildman–Crippen LogP) is 5.02. The Morgan fingerprint density at radius 2 is 1.50 bits per heavy atom. The van der Waals surface area contributed by atoms with Gasteiger partial charge in [0.2, 0.25) is 0 Å². The van der Waals surface area contributed by atoms with Crippen molar-refractivity contribution in [3.63, 3.8) is 0 Å². The van der Waals surface area contributed by atoms with Gasteiger partial charge in [-0.05, 0) is 43.2 Å². The maximum Gasteiger partial charge on any atom is 0.0454 e. The first kappa shape index (κ1) is 15.5. The number of nitrogens with one attached hydrogen (secondary N) is 2. The van der Waals surface area contributed by atoms with Gasteiger partial charge in [0.15, 0.2) is 0 Å². The van der Waals surface area contributed by atoms with Crippen LogP contribution in [0.2, 0.25) is 5.02 Å². The minimum absolute atomic E-state index is 0.140. The van der Waals surface area contributed by atoms with Crippen LogP contribution in [0.1, 0.15) is 37.1 Å². The van der Waals surface area contributed by atoms with Gasteiger partial charge < -0.3 is 0 Å². The van der Waals surface area contributed by atoms with E-state index in [1.54, 1.807) is 0 Å². The van der Waals surface area contributed by atoms with Gasteiger partial charge in [0.25, 0.3) is 0 Å². The molecule has 0 fully saturated rings. The molecule has 0 aliphatic rings. The van der Waals surface area contributed by atoms with Gasteiger partial charge in [0.05, 0.1) is 0 Å². The fourth-order valence-electron chi connectivity index (χ4n) is 1.99. The molecule has 20 heavy (non-hydrogen) atoms. The summed E-state index contributed by atoms with van der Waals surface area (Å²) in [6, 6.07) is 16.5. The summed E-state index contributed by atoms with van der Waals surface area (Å²) in [5.74, 6) is 0. The number of hydrazine groups is 1. The molecule has 2 nitrogen and oxygen atoms in total. The van der Waals surface area contributed by atoms with E-state index in [2.05, 4.69) is 52.8 Å². The quantitative estimate of drug-likeness (QED) is 0.738. The Labute approximate surface area is 133 Å². The standard InChI is InChI=1S/C16H18BrClN2/c1-11(13-7-9-14(17)10-8-13)19-20-12(2)15-5-3-4-6-16(15)18/h3-12,19-20H,1-2H3. The predicted molar refractivity (Wildman–Crippen MR) is 88.7 cm³/mol. The molecule has 0 amide bonds. The largest absolute Gasteiger partial charge is 0.250 e. The molecule has 0 bridgehead atoms. The zero-order valence-electron chi connectivity index (χ0n) is 11.5. The minimum Gasteiger partial charge on any atom is -0.250 e. The summed E-state index contributed by atoms with van der Waals surface area (Å²) in [4.78, 5) is 0. The second-order valence-electron chi connectivity index (χ2n) is 4.81. The molecule has 2 aromatic carbocycles. The van der Waals surface area contributed by atoms with Gasteiger partial charge in [-0.15, -0.1) is 0 Å². The average Bonchev–Trinajstić information content (AvgIpc) is 2.45. The topological polar surface area (TPSA) is 24.1 Å².